The average molecular weight is 256 g/mol. The Morgan fingerprint density at radius 2 is 2.00 bits per heavy atom. The Labute approximate surface area is 110 Å². The first kappa shape index (κ1) is 11.5. The quantitative estimate of drug-likeness (QED) is 0.897. The molecule has 0 saturated carbocycles. The summed E-state index contributed by atoms with van der Waals surface area (Å²) in [7, 11) is 0. The highest BCUT2D eigenvalue weighted by Gasteiger charge is 2.24. The molecule has 1 aliphatic rings. The van der Waals surface area contributed by atoms with Crippen molar-refractivity contribution in [2.75, 3.05) is 11.4 Å². The van der Waals surface area contributed by atoms with Crippen LogP contribution in [0, 0.1) is 0 Å². The average Bonchev–Trinajstić information content (AvgIpc) is 2.83. The monoisotopic (exact) mass is 256 g/mol. The Hall–Kier alpha value is -2.56. The molecule has 2 heterocycles. The van der Waals surface area contributed by atoms with Gasteiger partial charge in [0.2, 0.25) is 0 Å². The van der Waals surface area contributed by atoms with Crippen molar-refractivity contribution in [3.8, 4) is 11.5 Å². The molecular formula is C14H12N2O3. The summed E-state index contributed by atoms with van der Waals surface area (Å²) in [6.45, 7) is 0.503. The fourth-order valence-electron chi connectivity index (χ4n) is 2.18. The Morgan fingerprint density at radius 1 is 1.21 bits per heavy atom. The van der Waals surface area contributed by atoms with Crippen LogP contribution in [0.25, 0.3) is 0 Å². The summed E-state index contributed by atoms with van der Waals surface area (Å²) >= 11 is 0. The summed E-state index contributed by atoms with van der Waals surface area (Å²) in [5, 5.41) is 9.05. The van der Waals surface area contributed by atoms with E-state index in [0.717, 1.165) is 17.7 Å². The Morgan fingerprint density at radius 3 is 2.74 bits per heavy atom. The third-order valence-electron chi connectivity index (χ3n) is 3.06. The van der Waals surface area contributed by atoms with Gasteiger partial charge in [0.25, 0.3) is 0 Å². The zero-order chi connectivity index (χ0) is 13.2. The van der Waals surface area contributed by atoms with Gasteiger partial charge in [0, 0.05) is 18.9 Å². The highest BCUT2D eigenvalue weighted by atomic mass is 16.5. The lowest BCUT2D eigenvalue weighted by Gasteiger charge is -2.13. The maximum Gasteiger partial charge on any atom is 0.411 e. The molecule has 2 aromatic rings. The molecular weight excluding hydrogens is 244 g/mol. The highest BCUT2D eigenvalue weighted by molar-refractivity contribution is 5.89. The van der Waals surface area contributed by atoms with Crippen LogP contribution >= 0.6 is 0 Å². The molecule has 5 heteroatoms. The Kier molecular flexibility index (Phi) is 2.79. The van der Waals surface area contributed by atoms with Gasteiger partial charge in [0.1, 0.15) is 11.5 Å². The van der Waals surface area contributed by atoms with Crippen LogP contribution in [0.2, 0.25) is 0 Å². The van der Waals surface area contributed by atoms with E-state index in [-0.39, 0.29) is 0 Å². The maximum absolute atomic E-state index is 11.0. The van der Waals surface area contributed by atoms with Crippen molar-refractivity contribution in [1.29, 1.82) is 0 Å². The first-order valence-electron chi connectivity index (χ1n) is 5.95. The maximum atomic E-state index is 11.0. The lowest BCUT2D eigenvalue weighted by Crippen LogP contribution is -2.26. The van der Waals surface area contributed by atoms with Crippen LogP contribution in [0.3, 0.4) is 0 Å². The van der Waals surface area contributed by atoms with E-state index in [4.69, 9.17) is 9.84 Å². The predicted molar refractivity (Wildman–Crippen MR) is 69.8 cm³/mol. The van der Waals surface area contributed by atoms with E-state index in [1.54, 1.807) is 36.7 Å². The number of fused-ring (bicyclic) bond motifs is 1. The van der Waals surface area contributed by atoms with Gasteiger partial charge in [0.15, 0.2) is 0 Å². The lowest BCUT2D eigenvalue weighted by molar-refractivity contribution is 0.202. The van der Waals surface area contributed by atoms with E-state index in [0.29, 0.717) is 18.0 Å². The third-order valence-corrected chi connectivity index (χ3v) is 3.06. The molecule has 0 spiro atoms. The van der Waals surface area contributed by atoms with Gasteiger partial charge in [-0.05, 0) is 42.3 Å². The summed E-state index contributed by atoms with van der Waals surface area (Å²) in [6.07, 6.45) is 3.13. The summed E-state index contributed by atoms with van der Waals surface area (Å²) in [4.78, 5) is 16.3. The largest absolute Gasteiger partial charge is 0.465 e. The second-order valence-electron chi connectivity index (χ2n) is 4.26. The van der Waals surface area contributed by atoms with Gasteiger partial charge < -0.3 is 9.84 Å². The van der Waals surface area contributed by atoms with Crippen molar-refractivity contribution in [3.05, 3.63) is 48.3 Å². The van der Waals surface area contributed by atoms with Crippen LogP contribution in [0.1, 0.15) is 5.56 Å². The van der Waals surface area contributed by atoms with Gasteiger partial charge in [0.05, 0.1) is 5.69 Å². The van der Waals surface area contributed by atoms with E-state index >= 15 is 0 Å². The molecule has 1 N–H and O–H groups in total. The van der Waals surface area contributed by atoms with Gasteiger partial charge in [-0.3, -0.25) is 9.88 Å². The lowest BCUT2D eigenvalue weighted by atomic mass is 10.1. The van der Waals surface area contributed by atoms with Crippen LogP contribution in [0.4, 0.5) is 10.5 Å². The highest BCUT2D eigenvalue weighted by Crippen LogP contribution is 2.32. The van der Waals surface area contributed by atoms with Crippen LogP contribution in [0.5, 0.6) is 11.5 Å². The van der Waals surface area contributed by atoms with Gasteiger partial charge in [-0.2, -0.15) is 0 Å². The van der Waals surface area contributed by atoms with Crippen molar-refractivity contribution in [1.82, 2.24) is 4.98 Å². The predicted octanol–water partition coefficient (Wildman–Crippen LogP) is 2.91. The number of hydrogen-bond acceptors (Lipinski definition) is 3. The standard InChI is InChI=1S/C14H12N2O3/c17-14(18)16-8-5-10-9-12(1-2-13(10)16)19-11-3-6-15-7-4-11/h1-4,6-7,9H,5,8H2,(H,17,18). The smallest absolute Gasteiger partial charge is 0.411 e. The molecule has 19 heavy (non-hydrogen) atoms. The summed E-state index contributed by atoms with van der Waals surface area (Å²) < 4.78 is 5.69. The van der Waals surface area contributed by atoms with Crippen molar-refractivity contribution in [2.45, 2.75) is 6.42 Å². The molecule has 96 valence electrons. The number of carbonyl (C=O) groups is 1. The van der Waals surface area contributed by atoms with Crippen molar-refractivity contribution >= 4 is 11.8 Å². The number of aromatic nitrogens is 1. The van der Waals surface area contributed by atoms with Crippen molar-refractivity contribution < 1.29 is 14.6 Å². The zero-order valence-electron chi connectivity index (χ0n) is 10.1. The van der Waals surface area contributed by atoms with E-state index in [9.17, 15) is 4.79 Å². The van der Waals surface area contributed by atoms with Crippen molar-refractivity contribution in [2.24, 2.45) is 0 Å². The number of hydrogen-bond donors (Lipinski definition) is 1. The van der Waals surface area contributed by atoms with Crippen LogP contribution in [-0.2, 0) is 6.42 Å². The molecule has 0 bridgehead atoms. The normalized spacial score (nSPS) is 13.2. The number of ether oxygens (including phenoxy) is 1. The van der Waals surface area contributed by atoms with Crippen LogP contribution < -0.4 is 9.64 Å². The molecule has 1 amide bonds. The molecule has 3 rings (SSSR count). The molecule has 0 atom stereocenters. The minimum absolute atomic E-state index is 0.503. The number of nitrogens with zero attached hydrogens (tertiary/aromatic N) is 2. The second kappa shape index (κ2) is 4.61. The van der Waals surface area contributed by atoms with Gasteiger partial charge in [-0.15, -0.1) is 0 Å². The molecule has 0 unspecified atom stereocenters. The molecule has 1 aromatic carbocycles. The fraction of sp³-hybridized carbons (Fsp3) is 0.143. The minimum atomic E-state index is -0.915. The van der Waals surface area contributed by atoms with Crippen LogP contribution in [0.15, 0.2) is 42.7 Å². The molecule has 0 fully saturated rings. The Bertz CT molecular complexity index is 613. The van der Waals surface area contributed by atoms with E-state index < -0.39 is 6.09 Å². The summed E-state index contributed by atoms with van der Waals surface area (Å²) in [6, 6.07) is 9.00. The van der Waals surface area contributed by atoms with Gasteiger partial charge in [-0.1, -0.05) is 0 Å². The SMILES string of the molecule is O=C(O)N1CCc2cc(Oc3ccncc3)ccc21. The first-order chi connectivity index (χ1) is 9.24. The number of amides is 1. The molecule has 0 aliphatic carbocycles. The summed E-state index contributed by atoms with van der Waals surface area (Å²) in [5.74, 6) is 1.42. The molecule has 0 radical (unpaired) electrons. The molecule has 1 aromatic heterocycles. The number of anilines is 1. The van der Waals surface area contributed by atoms with E-state index in [1.165, 1.54) is 4.90 Å². The number of benzene rings is 1. The fourth-order valence-corrected chi connectivity index (χ4v) is 2.18. The van der Waals surface area contributed by atoms with E-state index in [1.807, 2.05) is 6.07 Å². The van der Waals surface area contributed by atoms with Gasteiger partial charge >= 0.3 is 6.09 Å². The molecule has 1 aliphatic heterocycles. The Balaban J connectivity index is 1.85. The molecule has 5 nitrogen and oxygen atoms in total. The first-order valence-corrected chi connectivity index (χ1v) is 5.95. The molecule has 0 saturated heterocycles. The third kappa shape index (κ3) is 2.22. The minimum Gasteiger partial charge on any atom is -0.465 e. The number of rotatable bonds is 2. The zero-order valence-corrected chi connectivity index (χ0v) is 10.1. The topological polar surface area (TPSA) is 62.7 Å². The van der Waals surface area contributed by atoms with Crippen LogP contribution in [-0.4, -0.2) is 22.7 Å². The van der Waals surface area contributed by atoms with Gasteiger partial charge in [-0.25, -0.2) is 4.79 Å². The van der Waals surface area contributed by atoms with E-state index in [2.05, 4.69) is 4.98 Å². The summed E-state index contributed by atoms with van der Waals surface area (Å²) in [5.41, 5.74) is 1.74. The second-order valence-corrected chi connectivity index (χ2v) is 4.26. The number of carboxylic acid groups (broad SMARTS) is 1. The number of pyridine rings is 1. The van der Waals surface area contributed by atoms with Crippen molar-refractivity contribution in [3.63, 3.8) is 0 Å².